The molecule has 0 fully saturated rings. The summed E-state index contributed by atoms with van der Waals surface area (Å²) < 4.78 is 19.2. The molecule has 0 bridgehead atoms. The molecule has 0 aliphatic rings. The Kier molecular flexibility index (Phi) is 16.2. The van der Waals surface area contributed by atoms with Crippen molar-refractivity contribution in [3.8, 4) is 23.0 Å². The number of hydrogen-bond donors (Lipinski definition) is 6. The van der Waals surface area contributed by atoms with Crippen LogP contribution in [0.4, 0.5) is 0 Å². The molecule has 0 saturated heterocycles. The molecule has 2 rings (SSSR count). The molecule has 6 N–H and O–H groups in total. The van der Waals surface area contributed by atoms with Gasteiger partial charge in [0.25, 0.3) is 0 Å². The Labute approximate surface area is 274 Å². The van der Waals surface area contributed by atoms with Crippen LogP contribution in [-0.2, 0) is 47.7 Å². The van der Waals surface area contributed by atoms with Crippen LogP contribution in [0.25, 0.3) is 12.2 Å². The van der Waals surface area contributed by atoms with Gasteiger partial charge in [0.15, 0.2) is 23.0 Å². The second kappa shape index (κ2) is 19.5. The van der Waals surface area contributed by atoms with Crippen LogP contribution >= 0.6 is 0 Å². The first-order valence-electron chi connectivity index (χ1n) is 14.0. The van der Waals surface area contributed by atoms with Gasteiger partial charge in [-0.2, -0.15) is 0 Å². The number of hydrogen-bond acceptors (Lipinski definition) is 14. The largest absolute Gasteiger partial charge is 0.504 e. The summed E-state index contributed by atoms with van der Waals surface area (Å²) in [6, 6.07) is 7.72. The molecule has 260 valence electrons. The number of carbonyl (C=O) groups is 6. The molecular weight excluding hydrogens is 640 g/mol. The number of benzene rings is 2. The molecule has 16 nitrogen and oxygen atoms in total. The molecule has 0 aliphatic heterocycles. The van der Waals surface area contributed by atoms with Crippen LogP contribution in [0.5, 0.6) is 23.0 Å². The van der Waals surface area contributed by atoms with Gasteiger partial charge in [-0.05, 0) is 75.2 Å². The normalized spacial score (nSPS) is 12.1. The molecule has 0 radical (unpaired) electrons. The van der Waals surface area contributed by atoms with Gasteiger partial charge >= 0.3 is 35.8 Å². The lowest BCUT2D eigenvalue weighted by Crippen LogP contribution is -2.32. The zero-order valence-corrected chi connectivity index (χ0v) is 26.3. The molecule has 2 aromatic carbocycles. The van der Waals surface area contributed by atoms with Crippen molar-refractivity contribution >= 4 is 48.0 Å². The summed E-state index contributed by atoms with van der Waals surface area (Å²) in [5.41, 5.74) is 0.773. The molecular formula is C32H36O16. The van der Waals surface area contributed by atoms with E-state index in [1.165, 1.54) is 48.6 Å². The minimum atomic E-state index is -1.67. The Bertz CT molecular complexity index is 1520. The molecule has 48 heavy (non-hydrogen) atoms. The van der Waals surface area contributed by atoms with E-state index in [4.69, 9.17) is 29.2 Å². The van der Waals surface area contributed by atoms with Crippen molar-refractivity contribution in [3.63, 3.8) is 0 Å². The Morgan fingerprint density at radius 1 is 0.604 bits per heavy atom. The highest BCUT2D eigenvalue weighted by atomic mass is 16.6. The minimum absolute atomic E-state index is 0.312. The maximum Gasteiger partial charge on any atom is 0.348 e. The minimum Gasteiger partial charge on any atom is -0.504 e. The predicted octanol–water partition coefficient (Wildman–Crippen LogP) is 2.90. The van der Waals surface area contributed by atoms with Crippen LogP contribution in [-0.4, -0.2) is 90.9 Å². The highest BCUT2D eigenvalue weighted by Crippen LogP contribution is 2.26. The molecule has 0 saturated carbocycles. The van der Waals surface area contributed by atoms with E-state index < -0.39 is 73.1 Å². The Morgan fingerprint density at radius 3 is 1.42 bits per heavy atom. The first kappa shape index (κ1) is 40.0. The van der Waals surface area contributed by atoms with Gasteiger partial charge in [-0.25, -0.2) is 19.2 Å². The molecule has 0 heterocycles. The van der Waals surface area contributed by atoms with Crippen LogP contribution in [0.2, 0.25) is 0 Å². The Balaban J connectivity index is 0.000000480. The lowest BCUT2D eigenvalue weighted by atomic mass is 10.2. The summed E-state index contributed by atoms with van der Waals surface area (Å²) in [5, 5.41) is 54.8. The Morgan fingerprint density at radius 2 is 1.04 bits per heavy atom. The number of esters is 4. The van der Waals surface area contributed by atoms with E-state index in [-0.39, 0.29) is 23.0 Å². The molecule has 0 aromatic heterocycles. The van der Waals surface area contributed by atoms with Crippen LogP contribution in [0.3, 0.4) is 0 Å². The van der Waals surface area contributed by atoms with E-state index in [9.17, 15) is 49.2 Å². The molecule has 2 unspecified atom stereocenters. The third-order valence-electron chi connectivity index (χ3n) is 5.31. The van der Waals surface area contributed by atoms with Crippen molar-refractivity contribution in [1.29, 1.82) is 0 Å². The smallest absolute Gasteiger partial charge is 0.348 e. The molecule has 16 heteroatoms. The van der Waals surface area contributed by atoms with Crippen LogP contribution in [0.15, 0.2) is 48.6 Å². The van der Waals surface area contributed by atoms with Crippen molar-refractivity contribution in [3.05, 3.63) is 59.7 Å². The maximum atomic E-state index is 11.7. The highest BCUT2D eigenvalue weighted by Gasteiger charge is 2.28. The summed E-state index contributed by atoms with van der Waals surface area (Å²) in [4.78, 5) is 68.4. The maximum absolute atomic E-state index is 11.7. The molecule has 0 spiro atoms. The van der Waals surface area contributed by atoms with Crippen molar-refractivity contribution in [2.45, 2.75) is 65.0 Å². The highest BCUT2D eigenvalue weighted by molar-refractivity contribution is 5.91. The van der Waals surface area contributed by atoms with Gasteiger partial charge in [-0.1, -0.05) is 12.1 Å². The first-order valence-corrected chi connectivity index (χ1v) is 14.0. The number of carboxylic acids is 2. The number of phenolic OH excluding ortho intramolecular Hbond substituents is 4. The van der Waals surface area contributed by atoms with Gasteiger partial charge in [0.1, 0.15) is 0 Å². The second-order valence-corrected chi connectivity index (χ2v) is 10.2. The molecule has 0 amide bonds. The summed E-state index contributed by atoms with van der Waals surface area (Å²) in [5.74, 6) is -7.83. The van der Waals surface area contributed by atoms with Crippen molar-refractivity contribution < 1.29 is 78.4 Å². The van der Waals surface area contributed by atoms with E-state index in [1.54, 1.807) is 27.7 Å². The topological polar surface area (TPSA) is 261 Å². The zero-order valence-electron chi connectivity index (χ0n) is 26.3. The number of carboxylic acid groups (broad SMARTS) is 2. The summed E-state index contributed by atoms with van der Waals surface area (Å²) in [6.45, 7) is 6.37. The van der Waals surface area contributed by atoms with E-state index in [1.807, 2.05) is 0 Å². The first-order chi connectivity index (χ1) is 22.4. The van der Waals surface area contributed by atoms with Gasteiger partial charge in [0.2, 0.25) is 12.2 Å². The third-order valence-corrected chi connectivity index (χ3v) is 5.31. The zero-order chi connectivity index (χ0) is 36.6. The number of aliphatic carboxylic acids is 2. The van der Waals surface area contributed by atoms with Gasteiger partial charge in [0, 0.05) is 12.2 Å². The fourth-order valence-electron chi connectivity index (χ4n) is 3.26. The predicted molar refractivity (Wildman–Crippen MR) is 164 cm³/mol. The van der Waals surface area contributed by atoms with Crippen LogP contribution in [0.1, 0.15) is 51.7 Å². The third kappa shape index (κ3) is 15.8. The molecule has 2 aromatic rings. The van der Waals surface area contributed by atoms with Crippen LogP contribution in [0, 0.1) is 0 Å². The Hall–Kier alpha value is -6.06. The molecule has 2 atom stereocenters. The number of carbonyl (C=O) groups excluding carboxylic acids is 4. The van der Waals surface area contributed by atoms with Crippen molar-refractivity contribution in [2.24, 2.45) is 0 Å². The fourth-order valence-corrected chi connectivity index (χ4v) is 3.26. The average Bonchev–Trinajstić information content (AvgIpc) is 2.97. The number of ether oxygens (including phenoxy) is 4. The fraction of sp³-hybridized carbons (Fsp3) is 0.312. The van der Waals surface area contributed by atoms with E-state index in [0.717, 1.165) is 12.2 Å². The average molecular weight is 677 g/mol. The van der Waals surface area contributed by atoms with Gasteiger partial charge in [-0.3, -0.25) is 9.59 Å². The monoisotopic (exact) mass is 676 g/mol. The summed E-state index contributed by atoms with van der Waals surface area (Å²) in [7, 11) is 0. The van der Waals surface area contributed by atoms with E-state index in [0.29, 0.717) is 11.1 Å². The molecule has 0 aliphatic carbocycles. The van der Waals surface area contributed by atoms with Crippen molar-refractivity contribution in [1.82, 2.24) is 0 Å². The number of rotatable bonds is 14. The van der Waals surface area contributed by atoms with Crippen LogP contribution < -0.4 is 0 Å². The van der Waals surface area contributed by atoms with Gasteiger partial charge < -0.3 is 49.6 Å². The van der Waals surface area contributed by atoms with Gasteiger partial charge in [-0.15, -0.1) is 0 Å². The quantitative estimate of drug-likeness (QED) is 0.0727. The standard InChI is InChI=1S/2C16H18O8/c1-9(2)23-16(22)13(8-14(19)20)24-15(21)6-4-10-3-5-11(17)12(18)7-10;1-9(2)23-15(20)8-13(16(21)22)24-14(19)6-4-10-3-5-11(17)12(18)7-10/h3-7,9,13,17-18H,8H2,1-2H3,(H,19,20);3-7,9,13,17-18H,8H2,1-2H3,(H,21,22)/b2*6-4+. The van der Waals surface area contributed by atoms with Gasteiger partial charge in [0.05, 0.1) is 25.0 Å². The second-order valence-electron chi connectivity index (χ2n) is 10.2. The van der Waals surface area contributed by atoms with E-state index in [2.05, 4.69) is 0 Å². The lowest BCUT2D eigenvalue weighted by molar-refractivity contribution is -0.171. The van der Waals surface area contributed by atoms with E-state index >= 15 is 0 Å². The van der Waals surface area contributed by atoms with Crippen molar-refractivity contribution in [2.75, 3.05) is 0 Å². The lowest BCUT2D eigenvalue weighted by Gasteiger charge is -2.16. The summed E-state index contributed by atoms with van der Waals surface area (Å²) in [6.07, 6.45) is -1.01. The number of phenols is 4. The SMILES string of the molecule is CC(C)OC(=O)C(CC(=O)O)OC(=O)/C=C/c1ccc(O)c(O)c1.CC(C)OC(=O)CC(OC(=O)/C=C/c1ccc(O)c(O)c1)C(=O)O. The number of aromatic hydroxyl groups is 4. The summed E-state index contributed by atoms with van der Waals surface area (Å²) >= 11 is 0.